The van der Waals surface area contributed by atoms with Gasteiger partial charge in [0.1, 0.15) is 0 Å². The molecule has 0 aromatic heterocycles. The quantitative estimate of drug-likeness (QED) is 0.742. The van der Waals surface area contributed by atoms with Crippen molar-refractivity contribution in [3.05, 3.63) is 76.2 Å². The second-order valence-electron chi connectivity index (χ2n) is 5.86. The molecule has 1 N–H and O–H groups in total. The number of hydrogen-bond acceptors (Lipinski definition) is 3. The average Bonchev–Trinajstić information content (AvgIpc) is 3.06. The van der Waals surface area contributed by atoms with E-state index in [1.54, 1.807) is 35.7 Å². The summed E-state index contributed by atoms with van der Waals surface area (Å²) in [4.78, 5) is 17.8. The van der Waals surface area contributed by atoms with Gasteiger partial charge in [0, 0.05) is 16.0 Å². The Bertz CT molecular complexity index is 960. The number of amides is 2. The Morgan fingerprint density at radius 2 is 1.74 bits per heavy atom. The molecule has 0 radical (unpaired) electrons. The van der Waals surface area contributed by atoms with Crippen LogP contribution in [0.2, 0.25) is 5.02 Å². The molecular formula is C18H11ClF3N3OS. The first-order chi connectivity index (χ1) is 12.8. The lowest BCUT2D eigenvalue weighted by molar-refractivity contribution is -0.196. The molecule has 1 atom stereocenters. The number of fused-ring (bicyclic) bond motifs is 1. The van der Waals surface area contributed by atoms with E-state index in [0.29, 0.717) is 16.3 Å². The van der Waals surface area contributed by atoms with Crippen LogP contribution in [0.1, 0.15) is 11.1 Å². The van der Waals surface area contributed by atoms with Gasteiger partial charge in [-0.25, -0.2) is 14.7 Å². The maximum Gasteiger partial charge on any atom is 0.436 e. The first kappa shape index (κ1) is 17.9. The van der Waals surface area contributed by atoms with E-state index in [-0.39, 0.29) is 10.7 Å². The highest BCUT2D eigenvalue weighted by Gasteiger charge is 2.61. The third-order valence-corrected chi connectivity index (χ3v) is 5.28. The van der Waals surface area contributed by atoms with Crippen molar-refractivity contribution in [2.24, 2.45) is 4.99 Å². The van der Waals surface area contributed by atoms with E-state index < -0.39 is 17.9 Å². The van der Waals surface area contributed by atoms with Gasteiger partial charge in [-0.05, 0) is 17.7 Å². The third-order valence-electron chi connectivity index (χ3n) is 4.20. The molecule has 0 unspecified atom stereocenters. The zero-order valence-electron chi connectivity index (χ0n) is 13.5. The van der Waals surface area contributed by atoms with E-state index in [2.05, 4.69) is 10.3 Å². The molecule has 138 valence electrons. The van der Waals surface area contributed by atoms with Crippen LogP contribution in [0.15, 0.2) is 65.0 Å². The summed E-state index contributed by atoms with van der Waals surface area (Å²) in [5, 5.41) is 4.14. The van der Waals surface area contributed by atoms with E-state index in [4.69, 9.17) is 11.6 Å². The third kappa shape index (κ3) is 2.89. The monoisotopic (exact) mass is 409 g/mol. The summed E-state index contributed by atoms with van der Waals surface area (Å²) in [6.45, 7) is 0. The van der Waals surface area contributed by atoms with Gasteiger partial charge >= 0.3 is 12.2 Å². The minimum Gasteiger partial charge on any atom is -0.301 e. The van der Waals surface area contributed by atoms with Gasteiger partial charge in [-0.2, -0.15) is 13.2 Å². The van der Waals surface area contributed by atoms with Crippen molar-refractivity contribution < 1.29 is 18.0 Å². The predicted octanol–water partition coefficient (Wildman–Crippen LogP) is 5.18. The summed E-state index contributed by atoms with van der Waals surface area (Å²) in [5.41, 5.74) is -1.89. The summed E-state index contributed by atoms with van der Waals surface area (Å²) in [5.74, 6) is 0. The topological polar surface area (TPSA) is 44.7 Å². The highest BCUT2D eigenvalue weighted by Crippen LogP contribution is 2.46. The maximum absolute atomic E-state index is 14.0. The minimum atomic E-state index is -4.81. The molecular weight excluding hydrogens is 399 g/mol. The molecule has 9 heteroatoms. The number of thioether (sulfide) groups is 1. The summed E-state index contributed by atoms with van der Waals surface area (Å²) in [6, 6.07) is 12.9. The number of nitrogens with one attached hydrogen (secondary N) is 1. The van der Waals surface area contributed by atoms with Crippen molar-refractivity contribution in [2.75, 3.05) is 0 Å². The largest absolute Gasteiger partial charge is 0.436 e. The Labute approximate surface area is 161 Å². The highest BCUT2D eigenvalue weighted by molar-refractivity contribution is 8.16. The van der Waals surface area contributed by atoms with Gasteiger partial charge in [-0.1, -0.05) is 65.8 Å². The molecule has 2 heterocycles. The van der Waals surface area contributed by atoms with Gasteiger partial charge in [-0.3, -0.25) is 0 Å². The molecule has 0 fully saturated rings. The standard InChI is InChI=1S/C18H11ClF3N3OS/c19-13-8-6-11(7-9-13)14-10-27-16-24-17(18(20,21)22,23-15(26)25(14)16)12-4-2-1-3-5-12/h1-10H,(H,23,26)/t17-/m1/s1. The van der Waals surface area contributed by atoms with Gasteiger partial charge in [0.25, 0.3) is 5.66 Å². The number of aliphatic imine (C=N–C) groups is 1. The number of nitrogens with zero attached hydrogens (tertiary/aromatic N) is 2. The Morgan fingerprint density at radius 1 is 1.07 bits per heavy atom. The second kappa shape index (κ2) is 6.31. The summed E-state index contributed by atoms with van der Waals surface area (Å²) < 4.78 is 42.0. The minimum absolute atomic E-state index is 0.0371. The Hall–Kier alpha value is -2.45. The zero-order chi connectivity index (χ0) is 19.2. The number of urea groups is 1. The highest BCUT2D eigenvalue weighted by atomic mass is 35.5. The molecule has 4 nitrogen and oxygen atoms in total. The number of carbonyl (C=O) groups excluding carboxylic acids is 1. The lowest BCUT2D eigenvalue weighted by atomic mass is 9.98. The molecule has 0 spiro atoms. The van der Waals surface area contributed by atoms with Crippen LogP contribution in [0.5, 0.6) is 0 Å². The van der Waals surface area contributed by atoms with Crippen molar-refractivity contribution in [1.29, 1.82) is 0 Å². The van der Waals surface area contributed by atoms with Gasteiger partial charge in [-0.15, -0.1) is 0 Å². The van der Waals surface area contributed by atoms with Crippen molar-refractivity contribution in [3.63, 3.8) is 0 Å². The first-order valence-electron chi connectivity index (χ1n) is 7.79. The fraction of sp³-hybridized carbons (Fsp3) is 0.111. The number of alkyl halides is 3. The molecule has 0 aliphatic carbocycles. The molecule has 2 aromatic rings. The van der Waals surface area contributed by atoms with Crippen LogP contribution in [0.4, 0.5) is 18.0 Å². The Morgan fingerprint density at radius 3 is 2.37 bits per heavy atom. The van der Waals surface area contributed by atoms with Gasteiger partial charge in [0.15, 0.2) is 5.17 Å². The van der Waals surface area contributed by atoms with Crippen LogP contribution in [-0.2, 0) is 5.66 Å². The second-order valence-corrected chi connectivity index (χ2v) is 7.13. The van der Waals surface area contributed by atoms with E-state index in [1.165, 1.54) is 24.3 Å². The van der Waals surface area contributed by atoms with Crippen molar-refractivity contribution in [2.45, 2.75) is 11.8 Å². The average molecular weight is 410 g/mol. The summed E-state index contributed by atoms with van der Waals surface area (Å²) in [6.07, 6.45) is -4.81. The van der Waals surface area contributed by atoms with Crippen LogP contribution in [0.3, 0.4) is 0 Å². The smallest absolute Gasteiger partial charge is 0.301 e. The summed E-state index contributed by atoms with van der Waals surface area (Å²) >= 11 is 6.84. The molecule has 0 bridgehead atoms. The molecule has 0 saturated heterocycles. The van der Waals surface area contributed by atoms with Crippen LogP contribution in [-0.4, -0.2) is 22.3 Å². The SMILES string of the molecule is O=C1N[C@@](c2ccccc2)(C(F)(F)F)N=C2SC=C(c3ccc(Cl)cc3)N12. The molecule has 2 aliphatic rings. The predicted molar refractivity (Wildman–Crippen MR) is 99.0 cm³/mol. The van der Waals surface area contributed by atoms with Crippen LogP contribution >= 0.6 is 23.4 Å². The molecule has 2 amide bonds. The summed E-state index contributed by atoms with van der Waals surface area (Å²) in [7, 11) is 0. The maximum atomic E-state index is 14.0. The van der Waals surface area contributed by atoms with E-state index >= 15 is 0 Å². The van der Waals surface area contributed by atoms with E-state index in [0.717, 1.165) is 16.7 Å². The normalized spacial score (nSPS) is 22.1. The molecule has 27 heavy (non-hydrogen) atoms. The van der Waals surface area contributed by atoms with Crippen molar-refractivity contribution in [3.8, 4) is 0 Å². The lowest BCUT2D eigenvalue weighted by Crippen LogP contribution is -2.61. The number of hydrogen-bond donors (Lipinski definition) is 1. The number of halogens is 4. The number of benzene rings is 2. The van der Waals surface area contributed by atoms with Gasteiger partial charge < -0.3 is 5.32 Å². The first-order valence-corrected chi connectivity index (χ1v) is 9.05. The number of amidine groups is 1. The molecule has 2 aliphatic heterocycles. The fourth-order valence-electron chi connectivity index (χ4n) is 2.90. The van der Waals surface area contributed by atoms with Crippen molar-refractivity contribution >= 4 is 40.3 Å². The molecule has 4 rings (SSSR count). The van der Waals surface area contributed by atoms with Crippen LogP contribution in [0, 0.1) is 0 Å². The van der Waals surface area contributed by atoms with Crippen LogP contribution in [0.25, 0.3) is 5.70 Å². The molecule has 2 aromatic carbocycles. The van der Waals surface area contributed by atoms with Gasteiger partial charge in [0.05, 0.1) is 5.70 Å². The van der Waals surface area contributed by atoms with Crippen LogP contribution < -0.4 is 5.32 Å². The Balaban J connectivity index is 1.80. The van der Waals surface area contributed by atoms with E-state index in [1.807, 2.05) is 0 Å². The Kier molecular flexibility index (Phi) is 4.20. The van der Waals surface area contributed by atoms with E-state index in [9.17, 15) is 18.0 Å². The zero-order valence-corrected chi connectivity index (χ0v) is 15.1. The van der Waals surface area contributed by atoms with Gasteiger partial charge in [0.2, 0.25) is 0 Å². The number of carbonyl (C=O) groups is 1. The fourth-order valence-corrected chi connectivity index (χ4v) is 3.96. The van der Waals surface area contributed by atoms with Crippen molar-refractivity contribution in [1.82, 2.24) is 10.2 Å². The number of rotatable bonds is 2. The molecule has 0 saturated carbocycles. The lowest BCUT2D eigenvalue weighted by Gasteiger charge is -2.39.